The average Bonchev–Trinajstić information content (AvgIpc) is 3.07. The van der Waals surface area contributed by atoms with Crippen LogP contribution in [-0.4, -0.2) is 86.1 Å². The van der Waals surface area contributed by atoms with Gasteiger partial charge in [-0.15, -0.1) is 0 Å². The smallest absolute Gasteiger partial charge is 0.0680 e. The molecule has 4 saturated heterocycles. The van der Waals surface area contributed by atoms with Crippen LogP contribution in [0.5, 0.6) is 0 Å². The molecule has 4 fully saturated rings. The second kappa shape index (κ2) is 7.08. The van der Waals surface area contributed by atoms with E-state index in [-0.39, 0.29) is 5.54 Å². The van der Waals surface area contributed by atoms with Gasteiger partial charge in [-0.1, -0.05) is 0 Å². The van der Waals surface area contributed by atoms with Gasteiger partial charge in [0.2, 0.25) is 0 Å². The van der Waals surface area contributed by atoms with Gasteiger partial charge in [0.1, 0.15) is 0 Å². The lowest BCUT2D eigenvalue weighted by molar-refractivity contribution is -0.220. The summed E-state index contributed by atoms with van der Waals surface area (Å²) in [5.41, 5.74) is 0.648. The topological polar surface area (TPSA) is 37.0 Å². The lowest BCUT2D eigenvalue weighted by Crippen LogP contribution is -2.66. The average molecular weight is 352 g/mol. The summed E-state index contributed by atoms with van der Waals surface area (Å²) in [7, 11) is 0. The van der Waals surface area contributed by atoms with E-state index in [1.54, 1.807) is 0 Å². The van der Waals surface area contributed by atoms with E-state index >= 15 is 0 Å². The molecule has 0 aromatic carbocycles. The largest absolute Gasteiger partial charge is 0.379 e. The Bertz CT molecular complexity index is 466. The molecule has 4 unspecified atom stereocenters. The first-order valence-corrected chi connectivity index (χ1v) is 10.5. The predicted octanol–water partition coefficient (Wildman–Crippen LogP) is 1.72. The van der Waals surface area contributed by atoms with Crippen molar-refractivity contribution in [3.8, 4) is 0 Å². The van der Waals surface area contributed by atoms with Gasteiger partial charge in [-0.3, -0.25) is 4.90 Å². The zero-order chi connectivity index (χ0) is 17.5. The molecule has 4 atom stereocenters. The molecule has 4 heterocycles. The summed E-state index contributed by atoms with van der Waals surface area (Å²) in [5.74, 6) is 0. The summed E-state index contributed by atoms with van der Waals surface area (Å²) < 4.78 is 12.0. The summed E-state index contributed by atoms with van der Waals surface area (Å²) in [6.07, 6.45) is 5.47. The maximum atomic E-state index is 6.16. The van der Waals surface area contributed by atoms with Crippen molar-refractivity contribution in [2.24, 2.45) is 5.41 Å². The summed E-state index contributed by atoms with van der Waals surface area (Å²) >= 11 is 0. The lowest BCUT2D eigenvalue weighted by Gasteiger charge is -2.57. The van der Waals surface area contributed by atoms with E-state index in [4.69, 9.17) is 9.47 Å². The van der Waals surface area contributed by atoms with Crippen LogP contribution < -0.4 is 5.32 Å². The number of piperazine rings is 1. The Hall–Kier alpha value is -0.200. The summed E-state index contributed by atoms with van der Waals surface area (Å²) in [4.78, 5) is 5.41. The second-order valence-electron chi connectivity index (χ2n) is 9.31. The highest BCUT2D eigenvalue weighted by atomic mass is 16.5. The minimum absolute atomic E-state index is 0.227. The van der Waals surface area contributed by atoms with Crippen LogP contribution in [0, 0.1) is 5.41 Å². The summed E-state index contributed by atoms with van der Waals surface area (Å²) in [5, 5.41) is 3.60. The number of ether oxygens (including phenoxy) is 2. The normalized spacial score (nSPS) is 41.5. The third-order valence-electron chi connectivity index (χ3n) is 7.39. The number of hydrogen-bond donors (Lipinski definition) is 1. The van der Waals surface area contributed by atoms with Gasteiger partial charge in [-0.25, -0.2) is 0 Å². The van der Waals surface area contributed by atoms with Gasteiger partial charge in [-0.05, 0) is 53.0 Å². The van der Waals surface area contributed by atoms with E-state index < -0.39 is 0 Å². The van der Waals surface area contributed by atoms with Crippen LogP contribution in [-0.2, 0) is 9.47 Å². The molecule has 0 amide bonds. The number of piperidine rings is 1. The zero-order valence-electron chi connectivity index (χ0n) is 16.4. The van der Waals surface area contributed by atoms with Crippen LogP contribution in [0.2, 0.25) is 0 Å². The number of likely N-dealkylation sites (tertiary alicyclic amines) is 1. The number of nitrogens with one attached hydrogen (secondary N) is 1. The SMILES string of the molecule is CC(C)N1CCCC2(COC2CC(C)N2CCNCC23CCOC3)C1. The molecule has 0 bridgehead atoms. The number of hydrogen-bond acceptors (Lipinski definition) is 5. The first kappa shape index (κ1) is 18.2. The van der Waals surface area contributed by atoms with Crippen LogP contribution in [0.4, 0.5) is 0 Å². The van der Waals surface area contributed by atoms with E-state index in [1.807, 2.05) is 0 Å². The maximum absolute atomic E-state index is 6.16. The van der Waals surface area contributed by atoms with Crippen LogP contribution in [0.3, 0.4) is 0 Å². The molecule has 0 radical (unpaired) electrons. The molecule has 5 heteroatoms. The van der Waals surface area contributed by atoms with E-state index in [9.17, 15) is 0 Å². The molecule has 1 N–H and O–H groups in total. The van der Waals surface area contributed by atoms with Crippen molar-refractivity contribution in [3.05, 3.63) is 0 Å². The Labute approximate surface area is 153 Å². The summed E-state index contributed by atoms with van der Waals surface area (Å²) in [6, 6.07) is 1.23. The van der Waals surface area contributed by atoms with E-state index in [1.165, 1.54) is 38.8 Å². The Morgan fingerprint density at radius 2 is 2.04 bits per heavy atom. The molecule has 0 saturated carbocycles. The van der Waals surface area contributed by atoms with Crippen LogP contribution in [0.1, 0.15) is 46.5 Å². The van der Waals surface area contributed by atoms with E-state index in [0.29, 0.717) is 23.6 Å². The highest BCUT2D eigenvalue weighted by Gasteiger charge is 2.52. The predicted molar refractivity (Wildman–Crippen MR) is 99.9 cm³/mol. The number of nitrogens with zero attached hydrogens (tertiary/aromatic N) is 2. The van der Waals surface area contributed by atoms with Crippen molar-refractivity contribution in [1.29, 1.82) is 0 Å². The fourth-order valence-electron chi connectivity index (χ4n) is 5.72. The van der Waals surface area contributed by atoms with Crippen molar-refractivity contribution >= 4 is 0 Å². The van der Waals surface area contributed by atoms with Gasteiger partial charge in [-0.2, -0.15) is 0 Å². The van der Waals surface area contributed by atoms with Crippen LogP contribution in [0.25, 0.3) is 0 Å². The highest BCUT2D eigenvalue weighted by Crippen LogP contribution is 2.46. The van der Waals surface area contributed by atoms with Crippen LogP contribution in [0.15, 0.2) is 0 Å². The molecule has 4 aliphatic rings. The Kier molecular flexibility index (Phi) is 5.15. The minimum atomic E-state index is 0.227. The third-order valence-corrected chi connectivity index (χ3v) is 7.39. The van der Waals surface area contributed by atoms with Gasteiger partial charge in [0, 0.05) is 50.3 Å². The van der Waals surface area contributed by atoms with Crippen molar-refractivity contribution < 1.29 is 9.47 Å². The quantitative estimate of drug-likeness (QED) is 0.835. The third kappa shape index (κ3) is 3.27. The van der Waals surface area contributed by atoms with E-state index in [0.717, 1.165) is 39.5 Å². The molecule has 0 aromatic heterocycles. The van der Waals surface area contributed by atoms with Gasteiger partial charge in [0.15, 0.2) is 0 Å². The van der Waals surface area contributed by atoms with Gasteiger partial charge >= 0.3 is 0 Å². The monoisotopic (exact) mass is 351 g/mol. The first-order chi connectivity index (χ1) is 12.0. The molecular weight excluding hydrogens is 314 g/mol. The highest BCUT2D eigenvalue weighted by molar-refractivity contribution is 5.04. The molecule has 0 aromatic rings. The molecule has 4 rings (SSSR count). The molecule has 0 aliphatic carbocycles. The zero-order valence-corrected chi connectivity index (χ0v) is 16.4. The Balaban J connectivity index is 1.41. The first-order valence-electron chi connectivity index (χ1n) is 10.5. The van der Waals surface area contributed by atoms with Crippen molar-refractivity contribution in [2.45, 2.75) is 70.2 Å². The van der Waals surface area contributed by atoms with Gasteiger partial charge in [0.05, 0.1) is 24.9 Å². The molecular formula is C20H37N3O2. The molecule has 25 heavy (non-hydrogen) atoms. The standard InChI is InChI=1S/C20H37N3O2/c1-16(2)22-8-4-5-19(13-22)14-25-18(19)11-17(3)23-9-7-21-12-20(23)6-10-24-15-20/h16-18,21H,4-15H2,1-3H3. The second-order valence-corrected chi connectivity index (χ2v) is 9.31. The fourth-order valence-corrected chi connectivity index (χ4v) is 5.72. The van der Waals surface area contributed by atoms with Crippen molar-refractivity contribution in [1.82, 2.24) is 15.1 Å². The molecule has 2 spiro atoms. The van der Waals surface area contributed by atoms with Crippen molar-refractivity contribution in [2.75, 3.05) is 52.5 Å². The Morgan fingerprint density at radius 3 is 2.72 bits per heavy atom. The van der Waals surface area contributed by atoms with Gasteiger partial charge < -0.3 is 19.7 Å². The summed E-state index contributed by atoms with van der Waals surface area (Å²) in [6.45, 7) is 15.7. The lowest BCUT2D eigenvalue weighted by atomic mass is 9.69. The van der Waals surface area contributed by atoms with Gasteiger partial charge in [0.25, 0.3) is 0 Å². The van der Waals surface area contributed by atoms with Crippen LogP contribution >= 0.6 is 0 Å². The number of rotatable bonds is 4. The fraction of sp³-hybridized carbons (Fsp3) is 1.00. The molecule has 4 aliphatic heterocycles. The minimum Gasteiger partial charge on any atom is -0.379 e. The van der Waals surface area contributed by atoms with E-state index in [2.05, 4.69) is 35.9 Å². The maximum Gasteiger partial charge on any atom is 0.0680 e. The molecule has 144 valence electrons. The molecule has 5 nitrogen and oxygen atoms in total. The Morgan fingerprint density at radius 1 is 1.16 bits per heavy atom. The van der Waals surface area contributed by atoms with Crippen molar-refractivity contribution in [3.63, 3.8) is 0 Å².